The number of nitrogens with one attached hydrogen (secondary N) is 2. The van der Waals surface area contributed by atoms with Gasteiger partial charge in [-0.1, -0.05) is 6.08 Å². The summed E-state index contributed by atoms with van der Waals surface area (Å²) in [6, 6.07) is -0.534. The van der Waals surface area contributed by atoms with Crippen LogP contribution in [-0.4, -0.2) is 30.9 Å². The number of esters is 1. The minimum atomic E-state index is -0.760. The van der Waals surface area contributed by atoms with Gasteiger partial charge in [0, 0.05) is 12.7 Å². The molecule has 0 aliphatic heterocycles. The first-order valence-corrected chi connectivity index (χ1v) is 5.06. The number of Topliss-reactive ketones (excluding diaryl/α,β-unsaturated/α-hetero) is 1. The summed E-state index contributed by atoms with van der Waals surface area (Å²) < 4.78 is 4.66. The number of amides is 2. The van der Waals surface area contributed by atoms with Crippen molar-refractivity contribution >= 4 is 17.8 Å². The van der Waals surface area contributed by atoms with Crippen molar-refractivity contribution in [2.75, 3.05) is 13.2 Å². The van der Waals surface area contributed by atoms with E-state index in [1.165, 1.54) is 13.0 Å². The molecule has 6 heteroatoms. The zero-order chi connectivity index (χ0) is 13.3. The van der Waals surface area contributed by atoms with Gasteiger partial charge in [0.1, 0.15) is 5.57 Å². The maximum Gasteiger partial charge on any atom is 0.343 e. The number of urea groups is 1. The van der Waals surface area contributed by atoms with Gasteiger partial charge in [-0.15, -0.1) is 6.58 Å². The molecule has 0 aromatic heterocycles. The molecule has 0 bridgehead atoms. The fourth-order valence-electron chi connectivity index (χ4n) is 0.867. The Labute approximate surface area is 99.7 Å². The zero-order valence-corrected chi connectivity index (χ0v) is 9.91. The Kier molecular flexibility index (Phi) is 7.09. The number of rotatable bonds is 6. The average molecular weight is 240 g/mol. The predicted octanol–water partition coefficient (Wildman–Crippen LogP) is 0.508. The summed E-state index contributed by atoms with van der Waals surface area (Å²) in [6.07, 6.45) is 2.53. The summed E-state index contributed by atoms with van der Waals surface area (Å²) in [7, 11) is 0. The van der Waals surface area contributed by atoms with Crippen LogP contribution in [0.4, 0.5) is 4.79 Å². The maximum atomic E-state index is 11.3. The topological polar surface area (TPSA) is 84.5 Å². The Bertz CT molecular complexity index is 347. The van der Waals surface area contributed by atoms with E-state index in [1.54, 1.807) is 6.92 Å². The summed E-state index contributed by atoms with van der Waals surface area (Å²) in [6.45, 7) is 6.71. The molecule has 0 aliphatic rings. The number of ether oxygens (including phenoxy) is 1. The molecule has 6 nitrogen and oxygen atoms in total. The Balaban J connectivity index is 4.50. The lowest BCUT2D eigenvalue weighted by molar-refractivity contribution is -0.139. The van der Waals surface area contributed by atoms with Crippen LogP contribution in [0.15, 0.2) is 24.4 Å². The van der Waals surface area contributed by atoms with Crippen molar-refractivity contribution in [1.29, 1.82) is 0 Å². The normalized spacial score (nSPS) is 10.4. The fourth-order valence-corrected chi connectivity index (χ4v) is 0.867. The molecule has 0 aromatic carbocycles. The van der Waals surface area contributed by atoms with Crippen LogP contribution >= 0.6 is 0 Å². The zero-order valence-electron chi connectivity index (χ0n) is 9.91. The monoisotopic (exact) mass is 240 g/mol. The van der Waals surface area contributed by atoms with Crippen molar-refractivity contribution in [2.24, 2.45) is 0 Å². The predicted molar refractivity (Wildman–Crippen MR) is 62.1 cm³/mol. The van der Waals surface area contributed by atoms with Gasteiger partial charge in [0.05, 0.1) is 6.61 Å². The van der Waals surface area contributed by atoms with Crippen LogP contribution < -0.4 is 10.6 Å². The second-order valence-electron chi connectivity index (χ2n) is 2.98. The van der Waals surface area contributed by atoms with Crippen LogP contribution in [0.1, 0.15) is 13.8 Å². The summed E-state index contributed by atoms with van der Waals surface area (Å²) in [5.74, 6) is -1.24. The van der Waals surface area contributed by atoms with Crippen molar-refractivity contribution in [2.45, 2.75) is 13.8 Å². The molecule has 0 saturated heterocycles. The molecule has 0 radical (unpaired) electrons. The summed E-state index contributed by atoms with van der Waals surface area (Å²) in [4.78, 5) is 33.6. The molecule has 0 spiro atoms. The van der Waals surface area contributed by atoms with E-state index < -0.39 is 17.8 Å². The van der Waals surface area contributed by atoms with E-state index >= 15 is 0 Å². The highest BCUT2D eigenvalue weighted by molar-refractivity contribution is 6.16. The van der Waals surface area contributed by atoms with Crippen LogP contribution in [-0.2, 0) is 14.3 Å². The van der Waals surface area contributed by atoms with Crippen LogP contribution in [0.25, 0.3) is 0 Å². The summed E-state index contributed by atoms with van der Waals surface area (Å²) in [5, 5.41) is 4.68. The second kappa shape index (κ2) is 8.09. The standard InChI is InChI=1S/C11H16N2O4/c1-4-6-12-11(16)13-7-9(8(3)14)10(15)17-5-2/h4,7H,1,5-6H2,2-3H3,(H2,12,13,16). The highest BCUT2D eigenvalue weighted by Gasteiger charge is 2.15. The molecule has 0 unspecified atom stereocenters. The number of hydrogen-bond acceptors (Lipinski definition) is 4. The van der Waals surface area contributed by atoms with Gasteiger partial charge in [0.15, 0.2) is 5.78 Å². The first-order chi connectivity index (χ1) is 8.02. The first-order valence-electron chi connectivity index (χ1n) is 5.06. The van der Waals surface area contributed by atoms with Crippen molar-refractivity contribution in [3.63, 3.8) is 0 Å². The van der Waals surface area contributed by atoms with Gasteiger partial charge < -0.3 is 15.4 Å². The molecular weight excluding hydrogens is 224 g/mol. The Morgan fingerprint density at radius 1 is 1.35 bits per heavy atom. The maximum absolute atomic E-state index is 11.3. The van der Waals surface area contributed by atoms with E-state index in [0.29, 0.717) is 0 Å². The molecule has 0 heterocycles. The van der Waals surface area contributed by atoms with Gasteiger partial charge >= 0.3 is 12.0 Å². The van der Waals surface area contributed by atoms with Gasteiger partial charge in [-0.05, 0) is 13.8 Å². The third kappa shape index (κ3) is 6.14. The Hall–Kier alpha value is -2.11. The minimum absolute atomic E-state index is 0.159. The quantitative estimate of drug-likeness (QED) is 0.233. The summed E-state index contributed by atoms with van der Waals surface area (Å²) in [5.41, 5.74) is -0.208. The molecule has 17 heavy (non-hydrogen) atoms. The van der Waals surface area contributed by atoms with E-state index in [2.05, 4.69) is 21.9 Å². The van der Waals surface area contributed by atoms with Crippen molar-refractivity contribution in [1.82, 2.24) is 10.6 Å². The number of carbonyl (C=O) groups excluding carboxylic acids is 3. The highest BCUT2D eigenvalue weighted by Crippen LogP contribution is 1.98. The lowest BCUT2D eigenvalue weighted by Crippen LogP contribution is -2.33. The van der Waals surface area contributed by atoms with Crippen LogP contribution in [0.2, 0.25) is 0 Å². The van der Waals surface area contributed by atoms with Crippen LogP contribution in [0.3, 0.4) is 0 Å². The Morgan fingerprint density at radius 2 is 2.00 bits per heavy atom. The third-order valence-corrected chi connectivity index (χ3v) is 1.63. The molecule has 0 rings (SSSR count). The molecule has 0 aliphatic carbocycles. The smallest absolute Gasteiger partial charge is 0.343 e. The van der Waals surface area contributed by atoms with Crippen molar-refractivity contribution < 1.29 is 19.1 Å². The SMILES string of the molecule is C=CCNC(=O)NC=C(C(C)=O)C(=O)OCC. The molecule has 94 valence electrons. The largest absolute Gasteiger partial charge is 0.462 e. The molecule has 0 saturated carbocycles. The van der Waals surface area contributed by atoms with Crippen LogP contribution in [0.5, 0.6) is 0 Å². The van der Waals surface area contributed by atoms with E-state index in [0.717, 1.165) is 6.20 Å². The third-order valence-electron chi connectivity index (χ3n) is 1.63. The number of hydrogen-bond donors (Lipinski definition) is 2. The molecule has 0 fully saturated rings. The molecule has 0 atom stereocenters. The second-order valence-corrected chi connectivity index (χ2v) is 2.98. The lowest BCUT2D eigenvalue weighted by atomic mass is 10.2. The van der Waals surface area contributed by atoms with Gasteiger partial charge in [-0.3, -0.25) is 4.79 Å². The van der Waals surface area contributed by atoms with Gasteiger partial charge in [-0.25, -0.2) is 9.59 Å². The molecule has 0 aromatic rings. The average Bonchev–Trinajstić information content (AvgIpc) is 2.26. The van der Waals surface area contributed by atoms with Crippen LogP contribution in [0, 0.1) is 0 Å². The van der Waals surface area contributed by atoms with Gasteiger partial charge in [0.2, 0.25) is 0 Å². The Morgan fingerprint density at radius 3 is 2.47 bits per heavy atom. The molecule has 2 amide bonds. The van der Waals surface area contributed by atoms with Gasteiger partial charge in [0.25, 0.3) is 0 Å². The molecular formula is C11H16N2O4. The van der Waals surface area contributed by atoms with Crippen molar-refractivity contribution in [3.05, 3.63) is 24.4 Å². The van der Waals surface area contributed by atoms with E-state index in [-0.39, 0.29) is 18.7 Å². The van der Waals surface area contributed by atoms with Gasteiger partial charge in [-0.2, -0.15) is 0 Å². The lowest BCUT2D eigenvalue weighted by Gasteiger charge is -2.05. The van der Waals surface area contributed by atoms with E-state index in [1.807, 2.05) is 0 Å². The first kappa shape index (κ1) is 14.9. The van der Waals surface area contributed by atoms with E-state index in [9.17, 15) is 14.4 Å². The minimum Gasteiger partial charge on any atom is -0.462 e. The summed E-state index contributed by atoms with van der Waals surface area (Å²) >= 11 is 0. The van der Waals surface area contributed by atoms with E-state index in [4.69, 9.17) is 0 Å². The highest BCUT2D eigenvalue weighted by atomic mass is 16.5. The van der Waals surface area contributed by atoms with Crippen molar-refractivity contribution in [3.8, 4) is 0 Å². The molecule has 2 N–H and O–H groups in total. The number of ketones is 1. The fraction of sp³-hybridized carbons (Fsp3) is 0.364. The number of carbonyl (C=O) groups is 3.